The fourth-order valence-electron chi connectivity index (χ4n) is 1.60. The summed E-state index contributed by atoms with van der Waals surface area (Å²) in [7, 11) is -3.22. The lowest BCUT2D eigenvalue weighted by Gasteiger charge is -2.04. The van der Waals surface area contributed by atoms with Gasteiger partial charge in [0.15, 0.2) is 21.5 Å². The molecule has 1 aromatic carbocycles. The van der Waals surface area contributed by atoms with Crippen molar-refractivity contribution in [2.24, 2.45) is 0 Å². The summed E-state index contributed by atoms with van der Waals surface area (Å²) in [5.41, 5.74) is -0.0628. The van der Waals surface area contributed by atoms with E-state index in [0.29, 0.717) is 0 Å². The van der Waals surface area contributed by atoms with Crippen LogP contribution in [-0.2, 0) is 15.6 Å². The van der Waals surface area contributed by atoms with Crippen molar-refractivity contribution >= 4 is 9.84 Å². The Balaban J connectivity index is 2.37. The number of nitrogens with zero attached hydrogens (tertiary/aromatic N) is 2. The minimum Gasteiger partial charge on any atom is -0.235 e. The van der Waals surface area contributed by atoms with Gasteiger partial charge in [0, 0.05) is 11.9 Å². The Morgan fingerprint density at radius 3 is 2.42 bits per heavy atom. The van der Waals surface area contributed by atoms with E-state index in [9.17, 15) is 17.2 Å². The monoisotopic (exact) mass is 286 g/mol. The van der Waals surface area contributed by atoms with E-state index in [2.05, 4.69) is 5.10 Å². The normalized spacial score (nSPS) is 11.7. The van der Waals surface area contributed by atoms with E-state index in [1.165, 1.54) is 25.3 Å². The molecular weight excluding hydrogens is 274 g/mol. The first-order valence-corrected chi connectivity index (χ1v) is 7.44. The second-order valence-corrected chi connectivity index (χ2v) is 6.35. The maximum atomic E-state index is 13.5. The van der Waals surface area contributed by atoms with Gasteiger partial charge in [-0.1, -0.05) is 13.0 Å². The van der Waals surface area contributed by atoms with Crippen molar-refractivity contribution in [1.29, 1.82) is 0 Å². The topological polar surface area (TPSA) is 52.0 Å². The Hall–Kier alpha value is -1.76. The first-order valence-electron chi connectivity index (χ1n) is 5.62. The van der Waals surface area contributed by atoms with Gasteiger partial charge in [-0.15, -0.1) is 0 Å². The zero-order chi connectivity index (χ0) is 14.0. The van der Waals surface area contributed by atoms with Crippen LogP contribution in [0.5, 0.6) is 0 Å². The molecule has 0 atom stereocenters. The van der Waals surface area contributed by atoms with E-state index in [1.54, 1.807) is 0 Å². The Morgan fingerprint density at radius 1 is 1.21 bits per heavy atom. The lowest BCUT2D eigenvalue weighted by Crippen LogP contribution is -2.08. The van der Waals surface area contributed by atoms with Crippen molar-refractivity contribution in [3.8, 4) is 5.69 Å². The first kappa shape index (κ1) is 13.7. The molecule has 0 spiro atoms. The fourth-order valence-corrected chi connectivity index (χ4v) is 2.41. The Morgan fingerprint density at radius 2 is 1.84 bits per heavy atom. The molecule has 1 aromatic heterocycles. The van der Waals surface area contributed by atoms with E-state index < -0.39 is 21.5 Å². The van der Waals surface area contributed by atoms with Crippen molar-refractivity contribution in [3.63, 3.8) is 0 Å². The summed E-state index contributed by atoms with van der Waals surface area (Å²) in [6, 6.07) is 4.91. The smallest absolute Gasteiger partial charge is 0.155 e. The molecule has 102 valence electrons. The van der Waals surface area contributed by atoms with Crippen molar-refractivity contribution in [3.05, 3.63) is 47.8 Å². The van der Waals surface area contributed by atoms with Gasteiger partial charge in [-0.3, -0.25) is 0 Å². The summed E-state index contributed by atoms with van der Waals surface area (Å²) in [5, 5.41) is 3.89. The van der Waals surface area contributed by atoms with Gasteiger partial charge in [-0.2, -0.15) is 5.10 Å². The second kappa shape index (κ2) is 5.08. The van der Waals surface area contributed by atoms with E-state index in [0.717, 1.165) is 16.8 Å². The molecule has 0 aliphatic heterocycles. The molecule has 0 radical (unpaired) electrons. The number of hydrogen-bond donors (Lipinski definition) is 0. The van der Waals surface area contributed by atoms with Gasteiger partial charge in [0.05, 0.1) is 11.4 Å². The lowest BCUT2D eigenvalue weighted by molar-refractivity contribution is 0.559. The molecule has 19 heavy (non-hydrogen) atoms. The van der Waals surface area contributed by atoms with Crippen LogP contribution in [0.25, 0.3) is 5.69 Å². The van der Waals surface area contributed by atoms with Crippen molar-refractivity contribution in [2.45, 2.75) is 12.7 Å². The molecule has 0 saturated carbocycles. The van der Waals surface area contributed by atoms with Crippen LogP contribution in [0.4, 0.5) is 8.78 Å². The molecular formula is C12H12F2N2O2S. The van der Waals surface area contributed by atoms with Crippen LogP contribution in [0.2, 0.25) is 0 Å². The highest BCUT2D eigenvalue weighted by Crippen LogP contribution is 2.17. The molecule has 4 nitrogen and oxygen atoms in total. The van der Waals surface area contributed by atoms with Crippen LogP contribution in [0, 0.1) is 11.6 Å². The molecule has 0 bridgehead atoms. The summed E-state index contributed by atoms with van der Waals surface area (Å²) < 4.78 is 51.0. The highest BCUT2D eigenvalue weighted by atomic mass is 32.2. The van der Waals surface area contributed by atoms with E-state index in [4.69, 9.17) is 0 Å². The molecule has 2 aromatic rings. The zero-order valence-electron chi connectivity index (χ0n) is 10.2. The maximum absolute atomic E-state index is 13.5. The number of para-hydroxylation sites is 1. The van der Waals surface area contributed by atoms with Crippen LogP contribution in [-0.4, -0.2) is 24.0 Å². The molecule has 0 aliphatic carbocycles. The quantitative estimate of drug-likeness (QED) is 0.864. The Labute approximate surface area is 109 Å². The SMILES string of the molecule is CCS(=O)(=O)Cc1ccn(-c2c(F)cccc2F)n1. The minimum absolute atomic E-state index is 0.00603. The summed E-state index contributed by atoms with van der Waals surface area (Å²) >= 11 is 0. The van der Waals surface area contributed by atoms with Crippen molar-refractivity contribution < 1.29 is 17.2 Å². The summed E-state index contributed by atoms with van der Waals surface area (Å²) in [6.45, 7) is 1.53. The zero-order valence-corrected chi connectivity index (χ0v) is 11.0. The van der Waals surface area contributed by atoms with Gasteiger partial charge >= 0.3 is 0 Å². The van der Waals surface area contributed by atoms with Gasteiger partial charge in [0.2, 0.25) is 0 Å². The standard InChI is InChI=1S/C12H12F2N2O2S/c1-2-19(17,18)8-9-6-7-16(15-9)12-10(13)4-3-5-11(12)14/h3-7H,2,8H2,1H3. The first-order chi connectivity index (χ1) is 8.93. The van der Waals surface area contributed by atoms with Crippen molar-refractivity contribution in [2.75, 3.05) is 5.75 Å². The molecule has 2 rings (SSSR count). The molecule has 0 fully saturated rings. The van der Waals surface area contributed by atoms with Gasteiger partial charge in [0.25, 0.3) is 0 Å². The van der Waals surface area contributed by atoms with Gasteiger partial charge < -0.3 is 0 Å². The molecule has 0 aliphatic rings. The Kier molecular flexibility index (Phi) is 3.66. The lowest BCUT2D eigenvalue weighted by atomic mass is 10.3. The van der Waals surface area contributed by atoms with Crippen LogP contribution in [0.15, 0.2) is 30.5 Å². The van der Waals surface area contributed by atoms with Crippen LogP contribution in [0.1, 0.15) is 12.6 Å². The average molecular weight is 286 g/mol. The number of sulfone groups is 1. The molecule has 0 unspecified atom stereocenters. The number of hydrogen-bond acceptors (Lipinski definition) is 3. The van der Waals surface area contributed by atoms with Gasteiger partial charge in [0.1, 0.15) is 5.69 Å². The molecule has 0 N–H and O–H groups in total. The highest BCUT2D eigenvalue weighted by Gasteiger charge is 2.15. The number of rotatable bonds is 4. The Bertz CT molecular complexity index is 675. The third-order valence-corrected chi connectivity index (χ3v) is 4.23. The summed E-state index contributed by atoms with van der Waals surface area (Å²) in [5.74, 6) is -1.76. The van der Waals surface area contributed by atoms with Crippen molar-refractivity contribution in [1.82, 2.24) is 9.78 Å². The molecule has 0 amide bonds. The number of benzene rings is 1. The largest absolute Gasteiger partial charge is 0.235 e. The second-order valence-electron chi connectivity index (χ2n) is 4.00. The summed E-state index contributed by atoms with van der Waals surface area (Å²) in [4.78, 5) is 0. The van der Waals surface area contributed by atoms with Crippen LogP contribution < -0.4 is 0 Å². The predicted molar refractivity (Wildman–Crippen MR) is 66.6 cm³/mol. The van der Waals surface area contributed by atoms with E-state index in [-0.39, 0.29) is 22.9 Å². The third-order valence-electron chi connectivity index (χ3n) is 2.62. The molecule has 0 saturated heterocycles. The number of halogens is 2. The molecule has 1 heterocycles. The number of aromatic nitrogens is 2. The van der Waals surface area contributed by atoms with Gasteiger partial charge in [-0.05, 0) is 18.2 Å². The van der Waals surface area contributed by atoms with Crippen LogP contribution >= 0.6 is 0 Å². The average Bonchev–Trinajstić information content (AvgIpc) is 2.76. The van der Waals surface area contributed by atoms with Crippen LogP contribution in [0.3, 0.4) is 0 Å². The van der Waals surface area contributed by atoms with E-state index in [1.807, 2.05) is 0 Å². The third kappa shape index (κ3) is 2.98. The maximum Gasteiger partial charge on any atom is 0.155 e. The van der Waals surface area contributed by atoms with E-state index >= 15 is 0 Å². The summed E-state index contributed by atoms with van der Waals surface area (Å²) in [6.07, 6.45) is 1.34. The fraction of sp³-hybridized carbons (Fsp3) is 0.250. The minimum atomic E-state index is -3.22. The molecule has 7 heteroatoms. The van der Waals surface area contributed by atoms with Gasteiger partial charge in [-0.25, -0.2) is 21.9 Å². The highest BCUT2D eigenvalue weighted by molar-refractivity contribution is 7.90. The predicted octanol–water partition coefficient (Wildman–Crippen LogP) is 2.09.